The molecule has 0 aromatic carbocycles. The minimum Gasteiger partial charge on any atom is -0.455 e. The van der Waals surface area contributed by atoms with Gasteiger partial charge in [0, 0.05) is 12.0 Å². The number of H-pyrrole nitrogens is 1. The monoisotopic (exact) mass is 252 g/mol. The predicted molar refractivity (Wildman–Crippen MR) is 66.4 cm³/mol. The Balaban J connectivity index is 2.20. The fourth-order valence-corrected chi connectivity index (χ4v) is 2.21. The third-order valence-corrected chi connectivity index (χ3v) is 3.04. The first-order chi connectivity index (χ1) is 8.38. The zero-order valence-corrected chi connectivity index (χ0v) is 11.3. The highest BCUT2D eigenvalue weighted by molar-refractivity contribution is 5.88. The van der Waals surface area contributed by atoms with Crippen LogP contribution in [0.2, 0.25) is 0 Å². The van der Waals surface area contributed by atoms with Gasteiger partial charge in [-0.25, -0.2) is 4.79 Å². The molecule has 2 N–H and O–H groups in total. The topological polar surface area (TPSA) is 79.9 Å². The smallest absolute Gasteiger partial charge is 0.361 e. The number of carbonyl (C=O) groups is 1. The molecule has 2 unspecified atom stereocenters. The molecular weight excluding hydrogens is 232 g/mol. The third kappa shape index (κ3) is 2.69. The number of hydrogen-bond acceptors (Lipinski definition) is 5. The Kier molecular flexibility index (Phi) is 3.38. The molecule has 1 aromatic rings. The summed E-state index contributed by atoms with van der Waals surface area (Å²) in [6, 6.07) is 0.302. The van der Waals surface area contributed by atoms with Crippen LogP contribution >= 0.6 is 0 Å². The number of hydrogen-bond donors (Lipinski definition) is 2. The van der Waals surface area contributed by atoms with Crippen molar-refractivity contribution in [2.45, 2.75) is 51.7 Å². The van der Waals surface area contributed by atoms with Crippen molar-refractivity contribution in [1.82, 2.24) is 20.7 Å². The molecule has 2 rings (SSSR count). The molecule has 100 valence electrons. The van der Waals surface area contributed by atoms with Gasteiger partial charge in [0.25, 0.3) is 0 Å². The summed E-state index contributed by atoms with van der Waals surface area (Å²) in [6.45, 7) is 8.54. The van der Waals surface area contributed by atoms with Gasteiger partial charge < -0.3 is 10.1 Å². The van der Waals surface area contributed by atoms with Gasteiger partial charge in [0.1, 0.15) is 11.3 Å². The lowest BCUT2D eigenvalue weighted by molar-refractivity contribution is 0.00610. The van der Waals surface area contributed by atoms with Crippen LogP contribution in [0.4, 0.5) is 0 Å². The quantitative estimate of drug-likeness (QED) is 0.774. The van der Waals surface area contributed by atoms with Crippen LogP contribution in [0, 0.1) is 0 Å². The Labute approximate surface area is 106 Å². The lowest BCUT2D eigenvalue weighted by atomic mass is 9.96. The molecule has 0 saturated carbocycles. The molecule has 0 aliphatic carbocycles. The number of nitrogens with one attached hydrogen (secondary N) is 2. The number of rotatable bonds is 2. The van der Waals surface area contributed by atoms with Gasteiger partial charge in [-0.1, -0.05) is 0 Å². The molecule has 6 nitrogen and oxygen atoms in total. The molecule has 1 aliphatic heterocycles. The minimum absolute atomic E-state index is 0.214. The zero-order chi connectivity index (χ0) is 13.3. The van der Waals surface area contributed by atoms with E-state index in [1.54, 1.807) is 0 Å². The number of esters is 1. The highest BCUT2D eigenvalue weighted by Crippen LogP contribution is 2.28. The molecule has 6 heteroatoms. The fourth-order valence-electron chi connectivity index (χ4n) is 2.21. The van der Waals surface area contributed by atoms with Crippen LogP contribution in [-0.2, 0) is 4.74 Å². The first-order valence-corrected chi connectivity index (χ1v) is 6.26. The van der Waals surface area contributed by atoms with Crippen LogP contribution in [-0.4, -0.2) is 39.6 Å². The van der Waals surface area contributed by atoms with E-state index >= 15 is 0 Å². The number of aromatic amines is 1. The molecule has 1 saturated heterocycles. The zero-order valence-electron chi connectivity index (χ0n) is 11.3. The molecule has 2 atom stereocenters. The van der Waals surface area contributed by atoms with Crippen molar-refractivity contribution in [3.05, 3.63) is 11.4 Å². The fraction of sp³-hybridized carbons (Fsp3) is 0.750. The Morgan fingerprint density at radius 2 is 2.11 bits per heavy atom. The Hall–Kier alpha value is -1.43. The molecule has 0 spiro atoms. The second-order valence-electron chi connectivity index (χ2n) is 5.70. The predicted octanol–water partition coefficient (Wildman–Crippen LogP) is 1.23. The van der Waals surface area contributed by atoms with Crippen LogP contribution < -0.4 is 5.32 Å². The highest BCUT2D eigenvalue weighted by atomic mass is 16.6. The van der Waals surface area contributed by atoms with Gasteiger partial charge in [0.2, 0.25) is 0 Å². The largest absolute Gasteiger partial charge is 0.455 e. The summed E-state index contributed by atoms with van der Waals surface area (Å²) in [5.74, 6) is -0.198. The van der Waals surface area contributed by atoms with Crippen molar-refractivity contribution in [2.24, 2.45) is 0 Å². The van der Waals surface area contributed by atoms with E-state index in [0.717, 1.165) is 13.0 Å². The van der Waals surface area contributed by atoms with Gasteiger partial charge in [0.05, 0.1) is 0 Å². The minimum atomic E-state index is -0.521. The standard InChI is InChI=1S/C12H20N4O2/c1-7-8(5-6-13-7)9-10(15-16-14-9)11(17)18-12(2,3)4/h7-8,13H,5-6H2,1-4H3,(H,14,15,16). The van der Waals surface area contributed by atoms with E-state index in [9.17, 15) is 4.79 Å². The van der Waals surface area contributed by atoms with Gasteiger partial charge in [-0.2, -0.15) is 10.3 Å². The number of nitrogens with zero attached hydrogens (tertiary/aromatic N) is 2. The maximum atomic E-state index is 12.0. The van der Waals surface area contributed by atoms with Gasteiger partial charge in [-0.3, -0.25) is 0 Å². The Morgan fingerprint density at radius 3 is 2.67 bits per heavy atom. The highest BCUT2D eigenvalue weighted by Gasteiger charge is 2.33. The summed E-state index contributed by atoms with van der Waals surface area (Å²) in [7, 11) is 0. The van der Waals surface area contributed by atoms with E-state index in [1.807, 2.05) is 20.8 Å². The summed E-state index contributed by atoms with van der Waals surface area (Å²) < 4.78 is 5.34. The first-order valence-electron chi connectivity index (χ1n) is 6.26. The molecule has 1 aliphatic rings. The third-order valence-electron chi connectivity index (χ3n) is 3.04. The second-order valence-corrected chi connectivity index (χ2v) is 5.70. The van der Waals surface area contributed by atoms with Crippen LogP contribution in [0.15, 0.2) is 0 Å². The van der Waals surface area contributed by atoms with Crippen LogP contribution in [0.5, 0.6) is 0 Å². The normalized spacial score (nSPS) is 24.2. The molecule has 1 aromatic heterocycles. The van der Waals surface area contributed by atoms with Gasteiger partial charge >= 0.3 is 5.97 Å². The summed E-state index contributed by atoms with van der Waals surface area (Å²) in [5, 5.41) is 13.9. The molecule has 0 radical (unpaired) electrons. The molecule has 18 heavy (non-hydrogen) atoms. The number of carbonyl (C=O) groups excluding carboxylic acids is 1. The van der Waals surface area contributed by atoms with E-state index in [2.05, 4.69) is 27.7 Å². The van der Waals surface area contributed by atoms with Crippen molar-refractivity contribution < 1.29 is 9.53 Å². The van der Waals surface area contributed by atoms with Gasteiger partial charge in [-0.05, 0) is 40.7 Å². The van der Waals surface area contributed by atoms with Crippen molar-refractivity contribution in [3.63, 3.8) is 0 Å². The average molecular weight is 252 g/mol. The molecular formula is C12H20N4O2. The lowest BCUT2D eigenvalue weighted by Crippen LogP contribution is -2.26. The van der Waals surface area contributed by atoms with Crippen molar-refractivity contribution in [2.75, 3.05) is 6.54 Å². The summed E-state index contributed by atoms with van der Waals surface area (Å²) in [5.41, 5.74) is 0.500. The SMILES string of the molecule is CC1NCCC1c1n[nH]nc1C(=O)OC(C)(C)C. The van der Waals surface area contributed by atoms with Crippen molar-refractivity contribution in [1.29, 1.82) is 0 Å². The number of ether oxygens (including phenoxy) is 1. The lowest BCUT2D eigenvalue weighted by Gasteiger charge is -2.19. The molecule has 1 fully saturated rings. The average Bonchev–Trinajstić information content (AvgIpc) is 2.82. The summed E-state index contributed by atoms with van der Waals surface area (Å²) in [6.07, 6.45) is 0.962. The van der Waals surface area contributed by atoms with Crippen LogP contribution in [0.25, 0.3) is 0 Å². The number of aromatic nitrogens is 3. The van der Waals surface area contributed by atoms with E-state index in [0.29, 0.717) is 17.4 Å². The summed E-state index contributed by atoms with van der Waals surface area (Å²) >= 11 is 0. The second kappa shape index (κ2) is 4.68. The van der Waals surface area contributed by atoms with Gasteiger partial charge in [-0.15, -0.1) is 5.10 Å². The van der Waals surface area contributed by atoms with E-state index in [1.165, 1.54) is 0 Å². The van der Waals surface area contributed by atoms with E-state index in [-0.39, 0.29) is 5.92 Å². The first kappa shape index (κ1) is 13.0. The maximum Gasteiger partial charge on any atom is 0.361 e. The molecule has 0 amide bonds. The molecule has 2 heterocycles. The Bertz CT molecular complexity index is 436. The van der Waals surface area contributed by atoms with Crippen LogP contribution in [0.1, 0.15) is 56.2 Å². The summed E-state index contributed by atoms with van der Waals surface area (Å²) in [4.78, 5) is 12.0. The Morgan fingerprint density at radius 1 is 1.39 bits per heavy atom. The maximum absolute atomic E-state index is 12.0. The van der Waals surface area contributed by atoms with Crippen LogP contribution in [0.3, 0.4) is 0 Å². The van der Waals surface area contributed by atoms with E-state index < -0.39 is 11.6 Å². The van der Waals surface area contributed by atoms with Crippen molar-refractivity contribution >= 4 is 5.97 Å². The van der Waals surface area contributed by atoms with Gasteiger partial charge in [0.15, 0.2) is 5.69 Å². The molecule has 0 bridgehead atoms. The van der Waals surface area contributed by atoms with E-state index in [4.69, 9.17) is 4.74 Å². The van der Waals surface area contributed by atoms with Crippen molar-refractivity contribution in [3.8, 4) is 0 Å².